The molecule has 0 aliphatic carbocycles. The fourth-order valence-corrected chi connectivity index (χ4v) is 4.75. The standard InChI is InChI=1S/C20H19ClN4O4S/c1-10-2-3-12(7-14(10)21)23-20(29)22-8-13-6-11-9-25(19(28)17(11)30-13)15-4-5-16(26)24-18(15)27/h2-3,6-7,15H,4-5,8-9H2,1H3,(H2,22,23,29)(H,24,26,27). The molecule has 10 heteroatoms. The number of aryl methyl sites for hydroxylation is 1. The molecule has 3 N–H and O–H groups in total. The third-order valence-electron chi connectivity index (χ3n) is 5.10. The Kier molecular flexibility index (Phi) is 5.48. The highest BCUT2D eigenvalue weighted by Gasteiger charge is 2.40. The lowest BCUT2D eigenvalue weighted by molar-refractivity contribution is -0.136. The second kappa shape index (κ2) is 8.08. The highest BCUT2D eigenvalue weighted by atomic mass is 35.5. The van der Waals surface area contributed by atoms with Crippen LogP contribution in [0.1, 0.15) is 38.5 Å². The summed E-state index contributed by atoms with van der Waals surface area (Å²) in [5.74, 6) is -0.948. The van der Waals surface area contributed by atoms with Gasteiger partial charge in [-0.25, -0.2) is 4.79 Å². The van der Waals surface area contributed by atoms with Gasteiger partial charge in [-0.3, -0.25) is 19.7 Å². The van der Waals surface area contributed by atoms with Gasteiger partial charge in [-0.15, -0.1) is 11.3 Å². The Labute approximate surface area is 181 Å². The third-order valence-corrected chi connectivity index (χ3v) is 6.67. The van der Waals surface area contributed by atoms with Crippen LogP contribution < -0.4 is 16.0 Å². The zero-order valence-corrected chi connectivity index (χ0v) is 17.7. The molecule has 3 heterocycles. The number of urea groups is 1. The van der Waals surface area contributed by atoms with Gasteiger partial charge in [0.05, 0.1) is 11.4 Å². The maximum Gasteiger partial charge on any atom is 0.319 e. The topological polar surface area (TPSA) is 108 Å². The van der Waals surface area contributed by atoms with Gasteiger partial charge in [-0.1, -0.05) is 17.7 Å². The van der Waals surface area contributed by atoms with Gasteiger partial charge < -0.3 is 15.5 Å². The molecule has 5 amide bonds. The van der Waals surface area contributed by atoms with Crippen molar-refractivity contribution in [1.82, 2.24) is 15.5 Å². The average molecular weight is 447 g/mol. The predicted octanol–water partition coefficient (Wildman–Crippen LogP) is 2.79. The predicted molar refractivity (Wildman–Crippen MR) is 112 cm³/mol. The molecule has 0 spiro atoms. The van der Waals surface area contributed by atoms with E-state index in [4.69, 9.17) is 11.6 Å². The van der Waals surface area contributed by atoms with Crippen molar-refractivity contribution >= 4 is 52.4 Å². The number of nitrogens with one attached hydrogen (secondary N) is 3. The molecule has 0 bridgehead atoms. The SMILES string of the molecule is Cc1ccc(NC(=O)NCc2cc3c(s2)C(=O)N(C2CCC(=O)NC2=O)C3)cc1Cl. The summed E-state index contributed by atoms with van der Waals surface area (Å²) in [5, 5.41) is 8.34. The highest BCUT2D eigenvalue weighted by molar-refractivity contribution is 7.14. The molecular formula is C20H19ClN4O4S. The monoisotopic (exact) mass is 446 g/mol. The number of hydrogen-bond acceptors (Lipinski definition) is 5. The molecule has 156 valence electrons. The number of nitrogens with zero attached hydrogens (tertiary/aromatic N) is 1. The van der Waals surface area contributed by atoms with E-state index in [9.17, 15) is 19.2 Å². The smallest absolute Gasteiger partial charge is 0.319 e. The quantitative estimate of drug-likeness (QED) is 0.627. The number of benzene rings is 1. The van der Waals surface area contributed by atoms with E-state index >= 15 is 0 Å². The molecule has 0 radical (unpaired) electrons. The molecule has 1 unspecified atom stereocenters. The van der Waals surface area contributed by atoms with Gasteiger partial charge in [0.1, 0.15) is 6.04 Å². The second-order valence-electron chi connectivity index (χ2n) is 7.24. The number of anilines is 1. The Balaban J connectivity index is 1.34. The van der Waals surface area contributed by atoms with Gasteiger partial charge in [0.15, 0.2) is 0 Å². The summed E-state index contributed by atoms with van der Waals surface area (Å²) in [6, 6.07) is 6.14. The minimum Gasteiger partial charge on any atom is -0.333 e. The summed E-state index contributed by atoms with van der Waals surface area (Å²) in [6.45, 7) is 2.48. The van der Waals surface area contributed by atoms with Gasteiger partial charge in [-0.2, -0.15) is 0 Å². The number of halogens is 1. The van der Waals surface area contributed by atoms with Crippen molar-refractivity contribution in [2.45, 2.75) is 38.9 Å². The fraction of sp³-hybridized carbons (Fsp3) is 0.300. The number of carbonyl (C=O) groups is 4. The van der Waals surface area contributed by atoms with E-state index in [0.717, 1.165) is 16.0 Å². The van der Waals surface area contributed by atoms with E-state index < -0.39 is 11.9 Å². The molecule has 2 aliphatic rings. The molecule has 2 aromatic rings. The first-order valence-electron chi connectivity index (χ1n) is 9.39. The normalized spacial score (nSPS) is 18.3. The Morgan fingerprint density at radius 1 is 1.30 bits per heavy atom. The molecule has 1 fully saturated rings. The van der Waals surface area contributed by atoms with Crippen LogP contribution in [0.4, 0.5) is 10.5 Å². The Bertz CT molecular complexity index is 1070. The molecule has 8 nitrogen and oxygen atoms in total. The Morgan fingerprint density at radius 3 is 2.80 bits per heavy atom. The van der Waals surface area contributed by atoms with Crippen LogP contribution in [0, 0.1) is 6.92 Å². The lowest BCUT2D eigenvalue weighted by atomic mass is 10.0. The number of hydrogen-bond donors (Lipinski definition) is 3. The van der Waals surface area contributed by atoms with Crippen LogP contribution in [-0.4, -0.2) is 34.7 Å². The van der Waals surface area contributed by atoms with Gasteiger partial charge in [0, 0.05) is 28.6 Å². The zero-order valence-electron chi connectivity index (χ0n) is 16.1. The van der Waals surface area contributed by atoms with Crippen molar-refractivity contribution in [3.8, 4) is 0 Å². The van der Waals surface area contributed by atoms with Crippen LogP contribution in [0.15, 0.2) is 24.3 Å². The van der Waals surface area contributed by atoms with E-state index in [1.165, 1.54) is 16.2 Å². The first-order chi connectivity index (χ1) is 14.3. The largest absolute Gasteiger partial charge is 0.333 e. The van der Waals surface area contributed by atoms with Crippen LogP contribution in [0.25, 0.3) is 0 Å². The van der Waals surface area contributed by atoms with Crippen LogP contribution in [0.5, 0.6) is 0 Å². The Morgan fingerprint density at radius 2 is 2.10 bits per heavy atom. The summed E-state index contributed by atoms with van der Waals surface area (Å²) in [4.78, 5) is 51.2. The van der Waals surface area contributed by atoms with Crippen molar-refractivity contribution in [1.29, 1.82) is 0 Å². The van der Waals surface area contributed by atoms with Crippen molar-refractivity contribution < 1.29 is 19.2 Å². The molecular weight excluding hydrogens is 428 g/mol. The van der Waals surface area contributed by atoms with Gasteiger partial charge in [-0.05, 0) is 42.7 Å². The van der Waals surface area contributed by atoms with Crippen molar-refractivity contribution in [3.05, 3.63) is 50.2 Å². The first kappa shape index (κ1) is 20.4. The first-order valence-corrected chi connectivity index (χ1v) is 10.6. The van der Waals surface area contributed by atoms with E-state index in [1.54, 1.807) is 12.1 Å². The van der Waals surface area contributed by atoms with E-state index in [2.05, 4.69) is 16.0 Å². The van der Waals surface area contributed by atoms with Gasteiger partial charge in [0.2, 0.25) is 11.8 Å². The average Bonchev–Trinajstić information content (AvgIpc) is 3.22. The molecule has 4 rings (SSSR count). The van der Waals surface area contributed by atoms with E-state index in [-0.39, 0.29) is 30.8 Å². The molecule has 1 aromatic carbocycles. The number of fused-ring (bicyclic) bond motifs is 1. The van der Waals surface area contributed by atoms with Gasteiger partial charge >= 0.3 is 6.03 Å². The lowest BCUT2D eigenvalue weighted by Crippen LogP contribution is -2.52. The number of amides is 5. The summed E-state index contributed by atoms with van der Waals surface area (Å²) < 4.78 is 0. The van der Waals surface area contributed by atoms with Gasteiger partial charge in [0.25, 0.3) is 5.91 Å². The maximum absolute atomic E-state index is 12.7. The molecule has 30 heavy (non-hydrogen) atoms. The van der Waals surface area contributed by atoms with E-state index in [1.807, 2.05) is 19.1 Å². The van der Waals surface area contributed by atoms with Crippen molar-refractivity contribution in [2.24, 2.45) is 0 Å². The summed E-state index contributed by atoms with van der Waals surface area (Å²) in [6.07, 6.45) is 0.563. The number of imide groups is 1. The lowest BCUT2D eigenvalue weighted by Gasteiger charge is -2.29. The molecule has 1 atom stereocenters. The number of rotatable bonds is 4. The summed E-state index contributed by atoms with van der Waals surface area (Å²) in [7, 11) is 0. The van der Waals surface area contributed by atoms with E-state index in [0.29, 0.717) is 28.6 Å². The molecule has 0 saturated carbocycles. The minimum absolute atomic E-state index is 0.213. The minimum atomic E-state index is -0.622. The zero-order chi connectivity index (χ0) is 21.4. The highest BCUT2D eigenvalue weighted by Crippen LogP contribution is 2.33. The van der Waals surface area contributed by atoms with Crippen LogP contribution >= 0.6 is 22.9 Å². The van der Waals surface area contributed by atoms with Crippen molar-refractivity contribution in [3.63, 3.8) is 0 Å². The second-order valence-corrected chi connectivity index (χ2v) is 8.78. The molecule has 1 saturated heterocycles. The molecule has 2 aliphatic heterocycles. The Hall–Kier alpha value is -2.91. The summed E-state index contributed by atoms with van der Waals surface area (Å²) in [5.41, 5.74) is 2.34. The van der Waals surface area contributed by atoms with Crippen LogP contribution in [0.2, 0.25) is 5.02 Å². The third kappa shape index (κ3) is 4.03. The number of thiophene rings is 1. The van der Waals surface area contributed by atoms with Crippen molar-refractivity contribution in [2.75, 3.05) is 5.32 Å². The summed E-state index contributed by atoms with van der Waals surface area (Å²) >= 11 is 7.36. The fourth-order valence-electron chi connectivity index (χ4n) is 3.50. The van der Waals surface area contributed by atoms with Crippen LogP contribution in [-0.2, 0) is 22.7 Å². The number of carbonyl (C=O) groups excluding carboxylic acids is 4. The van der Waals surface area contributed by atoms with Crippen LogP contribution in [0.3, 0.4) is 0 Å². The molecule has 1 aromatic heterocycles. The maximum atomic E-state index is 12.7. The number of piperidine rings is 1.